The molecule has 7 nitrogen and oxygen atoms in total. The maximum atomic E-state index is 12.4. The van der Waals surface area contributed by atoms with Crippen LogP contribution in [0.1, 0.15) is 42.7 Å². The van der Waals surface area contributed by atoms with Crippen molar-refractivity contribution >= 4 is 11.7 Å². The summed E-state index contributed by atoms with van der Waals surface area (Å²) >= 11 is 0. The predicted octanol–water partition coefficient (Wildman–Crippen LogP) is 2.78. The average molecular weight is 379 g/mol. The minimum Gasteiger partial charge on any atom is -0.491 e. The maximum Gasteiger partial charge on any atom is 0.251 e. The van der Waals surface area contributed by atoms with E-state index in [0.29, 0.717) is 29.5 Å². The van der Waals surface area contributed by atoms with E-state index < -0.39 is 0 Å². The summed E-state index contributed by atoms with van der Waals surface area (Å²) in [7, 11) is 0. The molecule has 7 heteroatoms. The fourth-order valence-corrected chi connectivity index (χ4v) is 3.29. The molecule has 146 valence electrons. The van der Waals surface area contributed by atoms with Crippen LogP contribution in [0.15, 0.2) is 36.7 Å². The second kappa shape index (κ2) is 9.18. The van der Waals surface area contributed by atoms with Gasteiger partial charge in [0.15, 0.2) is 11.5 Å². The molecule has 0 bridgehead atoms. The third-order valence-electron chi connectivity index (χ3n) is 4.74. The Morgan fingerprint density at radius 1 is 1.25 bits per heavy atom. The molecule has 1 fully saturated rings. The third-order valence-corrected chi connectivity index (χ3v) is 4.74. The van der Waals surface area contributed by atoms with Crippen LogP contribution in [0.4, 0.5) is 5.82 Å². The van der Waals surface area contributed by atoms with Gasteiger partial charge in [-0.25, -0.2) is 9.97 Å². The number of nitrogens with one attached hydrogen (secondary N) is 1. The summed E-state index contributed by atoms with van der Waals surface area (Å²) in [6, 6.07) is 9.31. The number of aromatic nitrogens is 2. The maximum absolute atomic E-state index is 12.4. The number of nitrogens with zero attached hydrogens (tertiary/aromatic N) is 4. The Labute approximate surface area is 165 Å². The fraction of sp³-hybridized carbons (Fsp3) is 0.429. The Morgan fingerprint density at radius 2 is 1.93 bits per heavy atom. The van der Waals surface area contributed by atoms with Crippen molar-refractivity contribution in [1.29, 1.82) is 5.26 Å². The summed E-state index contributed by atoms with van der Waals surface area (Å²) in [5.74, 6) is 1.75. The molecular weight excluding hydrogens is 354 g/mol. The van der Waals surface area contributed by atoms with Crippen molar-refractivity contribution in [3.8, 4) is 11.8 Å². The highest BCUT2D eigenvalue weighted by atomic mass is 16.5. The second-order valence-corrected chi connectivity index (χ2v) is 7.17. The largest absolute Gasteiger partial charge is 0.491 e. The van der Waals surface area contributed by atoms with Crippen LogP contribution in [0.2, 0.25) is 0 Å². The molecule has 0 spiro atoms. The molecule has 1 N–H and O–H groups in total. The van der Waals surface area contributed by atoms with Crippen molar-refractivity contribution in [2.75, 3.05) is 24.5 Å². The van der Waals surface area contributed by atoms with E-state index in [1.165, 1.54) is 6.20 Å². The Balaban J connectivity index is 1.47. The minimum atomic E-state index is -0.0702. The zero-order chi connectivity index (χ0) is 19.9. The normalized spacial score (nSPS) is 14.6. The molecule has 1 aliphatic heterocycles. The fourth-order valence-electron chi connectivity index (χ4n) is 3.29. The van der Waals surface area contributed by atoms with E-state index in [0.717, 1.165) is 31.7 Å². The SMILES string of the molecule is CC(C)Oc1ccc(C(=O)NCC2CCN(c3nccnc3C#N)CC2)cc1. The van der Waals surface area contributed by atoms with Gasteiger partial charge in [0.2, 0.25) is 0 Å². The number of anilines is 1. The van der Waals surface area contributed by atoms with Crippen LogP contribution in [0.25, 0.3) is 0 Å². The van der Waals surface area contributed by atoms with Crippen LogP contribution in [0, 0.1) is 17.2 Å². The Bertz CT molecular complexity index is 837. The predicted molar refractivity (Wildman–Crippen MR) is 106 cm³/mol. The van der Waals surface area contributed by atoms with E-state index in [4.69, 9.17) is 4.74 Å². The van der Waals surface area contributed by atoms with Crippen molar-refractivity contribution in [3.05, 3.63) is 47.9 Å². The van der Waals surface area contributed by atoms with Gasteiger partial charge in [-0.15, -0.1) is 0 Å². The highest BCUT2D eigenvalue weighted by Crippen LogP contribution is 2.23. The van der Waals surface area contributed by atoms with Gasteiger partial charge in [-0.05, 0) is 56.9 Å². The molecule has 2 aromatic rings. The van der Waals surface area contributed by atoms with Gasteiger partial charge in [0, 0.05) is 37.6 Å². The molecule has 0 aliphatic carbocycles. The lowest BCUT2D eigenvalue weighted by molar-refractivity contribution is 0.0945. The molecule has 0 atom stereocenters. The quantitative estimate of drug-likeness (QED) is 0.830. The van der Waals surface area contributed by atoms with Crippen LogP contribution in [-0.2, 0) is 0 Å². The zero-order valence-corrected chi connectivity index (χ0v) is 16.3. The number of nitriles is 1. The van der Waals surface area contributed by atoms with E-state index in [2.05, 4.69) is 26.3 Å². The van der Waals surface area contributed by atoms with Crippen LogP contribution in [-0.4, -0.2) is 41.6 Å². The lowest BCUT2D eigenvalue weighted by atomic mass is 9.96. The Kier molecular flexibility index (Phi) is 6.43. The number of hydrogen-bond donors (Lipinski definition) is 1. The van der Waals surface area contributed by atoms with Gasteiger partial charge in [0.05, 0.1) is 6.10 Å². The molecule has 0 radical (unpaired) electrons. The number of amides is 1. The van der Waals surface area contributed by atoms with Crippen LogP contribution in [0.3, 0.4) is 0 Å². The summed E-state index contributed by atoms with van der Waals surface area (Å²) in [6.45, 7) is 6.18. The van der Waals surface area contributed by atoms with E-state index in [9.17, 15) is 10.1 Å². The second-order valence-electron chi connectivity index (χ2n) is 7.17. The van der Waals surface area contributed by atoms with E-state index in [1.807, 2.05) is 26.0 Å². The third kappa shape index (κ3) is 4.97. The van der Waals surface area contributed by atoms with Crippen LogP contribution in [0.5, 0.6) is 5.75 Å². The number of carbonyl (C=O) groups is 1. The van der Waals surface area contributed by atoms with Crippen molar-refractivity contribution in [2.45, 2.75) is 32.8 Å². The molecule has 1 saturated heterocycles. The monoisotopic (exact) mass is 379 g/mol. The molecular formula is C21H25N5O2. The standard InChI is InChI=1S/C21H25N5O2/c1-15(2)28-18-5-3-17(4-6-18)21(27)25-14-16-7-11-26(12-8-16)20-19(13-22)23-9-10-24-20/h3-6,9-10,15-16H,7-8,11-12,14H2,1-2H3,(H,25,27). The molecule has 2 heterocycles. The molecule has 1 aromatic carbocycles. The number of hydrogen-bond acceptors (Lipinski definition) is 6. The summed E-state index contributed by atoms with van der Waals surface area (Å²) in [5.41, 5.74) is 0.992. The number of ether oxygens (including phenoxy) is 1. The van der Waals surface area contributed by atoms with Gasteiger partial charge in [0.25, 0.3) is 5.91 Å². The lowest BCUT2D eigenvalue weighted by Gasteiger charge is -2.32. The molecule has 1 aromatic heterocycles. The first-order valence-electron chi connectivity index (χ1n) is 9.57. The number of benzene rings is 1. The van der Waals surface area contributed by atoms with Gasteiger partial charge < -0.3 is 15.0 Å². The van der Waals surface area contributed by atoms with Gasteiger partial charge in [-0.1, -0.05) is 0 Å². The van der Waals surface area contributed by atoms with Crippen molar-refractivity contribution in [1.82, 2.24) is 15.3 Å². The summed E-state index contributed by atoms with van der Waals surface area (Å²) in [4.78, 5) is 22.8. The van der Waals surface area contributed by atoms with Gasteiger partial charge in [-0.2, -0.15) is 5.26 Å². The summed E-state index contributed by atoms with van der Waals surface area (Å²) < 4.78 is 5.60. The minimum absolute atomic E-state index is 0.0702. The average Bonchev–Trinajstić information content (AvgIpc) is 2.72. The van der Waals surface area contributed by atoms with Crippen LogP contribution >= 0.6 is 0 Å². The number of piperidine rings is 1. The first kappa shape index (κ1) is 19.6. The Morgan fingerprint density at radius 3 is 2.57 bits per heavy atom. The smallest absolute Gasteiger partial charge is 0.251 e. The molecule has 1 amide bonds. The van der Waals surface area contributed by atoms with Crippen LogP contribution < -0.4 is 15.0 Å². The van der Waals surface area contributed by atoms with E-state index in [1.54, 1.807) is 18.3 Å². The molecule has 1 aliphatic rings. The van der Waals surface area contributed by atoms with Crippen molar-refractivity contribution < 1.29 is 9.53 Å². The highest BCUT2D eigenvalue weighted by molar-refractivity contribution is 5.94. The van der Waals surface area contributed by atoms with Crippen molar-refractivity contribution in [3.63, 3.8) is 0 Å². The number of rotatable bonds is 6. The van der Waals surface area contributed by atoms with Gasteiger partial charge in [0.1, 0.15) is 11.8 Å². The number of carbonyl (C=O) groups excluding carboxylic acids is 1. The molecule has 3 rings (SSSR count). The topological polar surface area (TPSA) is 91.1 Å². The highest BCUT2D eigenvalue weighted by Gasteiger charge is 2.23. The van der Waals surface area contributed by atoms with Gasteiger partial charge >= 0.3 is 0 Å². The molecule has 0 saturated carbocycles. The summed E-state index contributed by atoms with van der Waals surface area (Å²) in [5, 5.41) is 12.2. The van der Waals surface area contributed by atoms with E-state index >= 15 is 0 Å². The summed E-state index contributed by atoms with van der Waals surface area (Å²) in [6.07, 6.45) is 5.12. The zero-order valence-electron chi connectivity index (χ0n) is 16.3. The Hall–Kier alpha value is -3.14. The molecule has 28 heavy (non-hydrogen) atoms. The first-order chi connectivity index (χ1) is 13.6. The van der Waals surface area contributed by atoms with Gasteiger partial charge in [-0.3, -0.25) is 4.79 Å². The van der Waals surface area contributed by atoms with Crippen molar-refractivity contribution in [2.24, 2.45) is 5.92 Å². The lowest BCUT2D eigenvalue weighted by Crippen LogP contribution is -2.39. The first-order valence-corrected chi connectivity index (χ1v) is 9.57. The van der Waals surface area contributed by atoms with E-state index in [-0.39, 0.29) is 12.0 Å². The molecule has 0 unspecified atom stereocenters.